The molecule has 0 aliphatic carbocycles. The van der Waals surface area contributed by atoms with Gasteiger partial charge in [0, 0.05) is 25.7 Å². The Morgan fingerprint density at radius 2 is 1.81 bits per heavy atom. The maximum absolute atomic E-state index is 13.1. The number of benzene rings is 2. The van der Waals surface area contributed by atoms with Crippen molar-refractivity contribution in [3.63, 3.8) is 0 Å². The first-order valence-corrected chi connectivity index (χ1v) is 8.55. The minimum Gasteiger partial charge on any atom is -0.497 e. The monoisotopic (exact) mass is 358 g/mol. The molecule has 0 unspecified atom stereocenters. The molecule has 1 saturated heterocycles. The van der Waals surface area contributed by atoms with Crippen LogP contribution in [-0.2, 0) is 11.3 Å². The molecule has 1 heterocycles. The van der Waals surface area contributed by atoms with Gasteiger partial charge in [0.15, 0.2) is 0 Å². The van der Waals surface area contributed by atoms with Gasteiger partial charge in [-0.25, -0.2) is 4.39 Å². The van der Waals surface area contributed by atoms with E-state index in [2.05, 4.69) is 4.90 Å². The molecule has 1 amide bonds. The zero-order valence-corrected chi connectivity index (χ0v) is 15.2. The van der Waals surface area contributed by atoms with E-state index in [0.29, 0.717) is 36.8 Å². The number of hydrogen-bond acceptors (Lipinski definition) is 4. The number of rotatable bonds is 5. The number of piperazine rings is 1. The largest absolute Gasteiger partial charge is 0.497 e. The van der Waals surface area contributed by atoms with Crippen LogP contribution < -0.4 is 14.4 Å². The maximum Gasteiger partial charge on any atom is 0.244 e. The average molecular weight is 358 g/mol. The van der Waals surface area contributed by atoms with E-state index in [0.717, 1.165) is 5.56 Å². The van der Waals surface area contributed by atoms with Crippen molar-refractivity contribution in [2.75, 3.05) is 32.2 Å². The Kier molecular flexibility index (Phi) is 5.42. The molecular weight excluding hydrogens is 335 g/mol. The van der Waals surface area contributed by atoms with Crippen LogP contribution in [0.5, 0.6) is 11.5 Å². The fourth-order valence-electron chi connectivity index (χ4n) is 3.20. The Morgan fingerprint density at radius 1 is 1.08 bits per heavy atom. The van der Waals surface area contributed by atoms with Crippen LogP contribution in [0.2, 0.25) is 0 Å². The predicted octanol–water partition coefficient (Wildman–Crippen LogP) is 3.08. The summed E-state index contributed by atoms with van der Waals surface area (Å²) in [7, 11) is 3.18. The molecule has 3 rings (SSSR count). The molecule has 2 aromatic carbocycles. The fourth-order valence-corrected chi connectivity index (χ4v) is 3.20. The summed E-state index contributed by atoms with van der Waals surface area (Å²) in [6, 6.07) is 11.5. The SMILES string of the molecule is COc1ccc(OC)c(N2CCN(Cc3ccc(F)cc3)[C@H](C)C2=O)c1. The van der Waals surface area contributed by atoms with Crippen LogP contribution in [0.4, 0.5) is 10.1 Å². The summed E-state index contributed by atoms with van der Waals surface area (Å²) >= 11 is 0. The topological polar surface area (TPSA) is 42.0 Å². The van der Waals surface area contributed by atoms with E-state index < -0.39 is 0 Å². The van der Waals surface area contributed by atoms with Crippen molar-refractivity contribution in [2.24, 2.45) is 0 Å². The van der Waals surface area contributed by atoms with Gasteiger partial charge < -0.3 is 14.4 Å². The molecule has 1 atom stereocenters. The normalized spacial score (nSPS) is 18.1. The van der Waals surface area contributed by atoms with Gasteiger partial charge in [0.1, 0.15) is 17.3 Å². The number of methoxy groups -OCH3 is 2. The molecule has 5 nitrogen and oxygen atoms in total. The highest BCUT2D eigenvalue weighted by atomic mass is 19.1. The van der Waals surface area contributed by atoms with Crippen molar-refractivity contribution >= 4 is 11.6 Å². The molecule has 2 aromatic rings. The third-order valence-corrected chi connectivity index (χ3v) is 4.76. The molecule has 0 bridgehead atoms. The number of anilines is 1. The first-order chi connectivity index (χ1) is 12.5. The van der Waals surface area contributed by atoms with E-state index in [4.69, 9.17) is 9.47 Å². The van der Waals surface area contributed by atoms with Crippen molar-refractivity contribution < 1.29 is 18.7 Å². The zero-order valence-electron chi connectivity index (χ0n) is 15.2. The predicted molar refractivity (Wildman–Crippen MR) is 98.2 cm³/mol. The Labute approximate surface area is 152 Å². The second-order valence-corrected chi connectivity index (χ2v) is 6.30. The van der Waals surface area contributed by atoms with E-state index >= 15 is 0 Å². The fraction of sp³-hybridized carbons (Fsp3) is 0.350. The molecule has 0 aromatic heterocycles. The maximum atomic E-state index is 13.1. The minimum absolute atomic E-state index is 0.00455. The van der Waals surface area contributed by atoms with Crippen LogP contribution >= 0.6 is 0 Å². The number of halogens is 1. The highest BCUT2D eigenvalue weighted by Crippen LogP contribution is 2.34. The van der Waals surface area contributed by atoms with Crippen molar-refractivity contribution in [3.05, 3.63) is 53.8 Å². The quantitative estimate of drug-likeness (QED) is 0.824. The lowest BCUT2D eigenvalue weighted by Crippen LogP contribution is -2.55. The molecule has 0 saturated carbocycles. The summed E-state index contributed by atoms with van der Waals surface area (Å²) in [6.07, 6.45) is 0. The lowest BCUT2D eigenvalue weighted by atomic mass is 10.1. The number of carbonyl (C=O) groups is 1. The standard InChI is InChI=1S/C20H23FN2O3/c1-14-20(24)23(18-12-17(25-2)8-9-19(18)26-3)11-10-22(14)13-15-4-6-16(21)7-5-15/h4-9,12,14H,10-11,13H2,1-3H3/t14-/m1/s1. The molecule has 1 fully saturated rings. The van der Waals surface area contributed by atoms with Crippen LogP contribution in [-0.4, -0.2) is 44.2 Å². The van der Waals surface area contributed by atoms with Crippen molar-refractivity contribution in [3.8, 4) is 11.5 Å². The van der Waals surface area contributed by atoms with Gasteiger partial charge in [-0.1, -0.05) is 12.1 Å². The van der Waals surface area contributed by atoms with Gasteiger partial charge in [-0.05, 0) is 36.8 Å². The van der Waals surface area contributed by atoms with Crippen LogP contribution in [0, 0.1) is 5.82 Å². The molecule has 1 aliphatic heterocycles. The Bertz CT molecular complexity index is 779. The second-order valence-electron chi connectivity index (χ2n) is 6.30. The van der Waals surface area contributed by atoms with Gasteiger partial charge in [-0.15, -0.1) is 0 Å². The van der Waals surface area contributed by atoms with Crippen molar-refractivity contribution in [1.82, 2.24) is 4.90 Å². The highest BCUT2D eigenvalue weighted by Gasteiger charge is 2.33. The molecule has 0 radical (unpaired) electrons. The summed E-state index contributed by atoms with van der Waals surface area (Å²) in [6.45, 7) is 3.76. The average Bonchev–Trinajstić information content (AvgIpc) is 2.67. The number of hydrogen-bond donors (Lipinski definition) is 0. The Morgan fingerprint density at radius 3 is 2.46 bits per heavy atom. The lowest BCUT2D eigenvalue weighted by molar-refractivity contribution is -0.125. The lowest BCUT2D eigenvalue weighted by Gasteiger charge is -2.39. The van der Waals surface area contributed by atoms with E-state index in [1.54, 1.807) is 43.4 Å². The first-order valence-electron chi connectivity index (χ1n) is 8.55. The molecule has 6 heteroatoms. The Balaban J connectivity index is 1.78. The summed E-state index contributed by atoms with van der Waals surface area (Å²) in [5, 5.41) is 0. The van der Waals surface area contributed by atoms with Crippen molar-refractivity contribution in [1.29, 1.82) is 0 Å². The van der Waals surface area contributed by atoms with Gasteiger partial charge in [0.2, 0.25) is 5.91 Å². The van der Waals surface area contributed by atoms with Crippen LogP contribution in [0.15, 0.2) is 42.5 Å². The van der Waals surface area contributed by atoms with E-state index in [9.17, 15) is 9.18 Å². The molecular formula is C20H23FN2O3. The number of ether oxygens (including phenoxy) is 2. The van der Waals surface area contributed by atoms with Crippen LogP contribution in [0.1, 0.15) is 12.5 Å². The van der Waals surface area contributed by atoms with E-state index in [1.165, 1.54) is 12.1 Å². The van der Waals surface area contributed by atoms with Gasteiger partial charge in [-0.3, -0.25) is 9.69 Å². The van der Waals surface area contributed by atoms with E-state index in [-0.39, 0.29) is 17.8 Å². The molecule has 138 valence electrons. The summed E-state index contributed by atoms with van der Waals surface area (Å²) in [4.78, 5) is 16.8. The van der Waals surface area contributed by atoms with E-state index in [1.807, 2.05) is 13.0 Å². The molecule has 26 heavy (non-hydrogen) atoms. The minimum atomic E-state index is -0.287. The Hall–Kier alpha value is -2.60. The molecule has 0 spiro atoms. The number of carbonyl (C=O) groups excluding carboxylic acids is 1. The van der Waals surface area contributed by atoms with Crippen LogP contribution in [0.3, 0.4) is 0 Å². The molecule has 1 aliphatic rings. The third kappa shape index (κ3) is 3.65. The second kappa shape index (κ2) is 7.74. The van der Waals surface area contributed by atoms with Gasteiger partial charge in [0.25, 0.3) is 0 Å². The summed E-state index contributed by atoms with van der Waals surface area (Å²) in [5.74, 6) is 1.06. The van der Waals surface area contributed by atoms with Crippen molar-refractivity contribution in [2.45, 2.75) is 19.5 Å². The number of amides is 1. The smallest absolute Gasteiger partial charge is 0.244 e. The third-order valence-electron chi connectivity index (χ3n) is 4.76. The van der Waals surface area contributed by atoms with Gasteiger partial charge >= 0.3 is 0 Å². The summed E-state index contributed by atoms with van der Waals surface area (Å²) < 4.78 is 23.8. The summed E-state index contributed by atoms with van der Waals surface area (Å²) in [5.41, 5.74) is 1.70. The number of nitrogens with zero attached hydrogens (tertiary/aromatic N) is 2. The zero-order chi connectivity index (χ0) is 18.7. The van der Waals surface area contributed by atoms with Crippen LogP contribution in [0.25, 0.3) is 0 Å². The highest BCUT2D eigenvalue weighted by molar-refractivity contribution is 5.99. The molecule has 0 N–H and O–H groups in total. The first kappa shape index (κ1) is 18.2. The van der Waals surface area contributed by atoms with Gasteiger partial charge in [0.05, 0.1) is 25.9 Å². The van der Waals surface area contributed by atoms with Gasteiger partial charge in [-0.2, -0.15) is 0 Å².